The average Bonchev–Trinajstić information content (AvgIpc) is 2.88. The van der Waals surface area contributed by atoms with Crippen molar-refractivity contribution in [3.8, 4) is 0 Å². The average molecular weight is 344 g/mol. The van der Waals surface area contributed by atoms with Crippen molar-refractivity contribution in [3.05, 3.63) is 24.3 Å². The molecule has 1 atom stereocenters. The quantitative estimate of drug-likeness (QED) is 0.870. The summed E-state index contributed by atoms with van der Waals surface area (Å²) in [5, 5.41) is 3.30. The fourth-order valence-electron chi connectivity index (χ4n) is 2.33. The predicted octanol–water partition coefficient (Wildman–Crippen LogP) is 2.63. The molecule has 0 bridgehead atoms. The van der Waals surface area contributed by atoms with E-state index < -0.39 is 0 Å². The van der Waals surface area contributed by atoms with E-state index in [-0.39, 0.29) is 24.4 Å². The Morgan fingerprint density at radius 3 is 3.10 bits per heavy atom. The van der Waals surface area contributed by atoms with Crippen molar-refractivity contribution in [1.82, 2.24) is 15.2 Å². The Kier molecular flexibility index (Phi) is 5.87. The lowest BCUT2D eigenvalue weighted by molar-refractivity contribution is -0.131. The number of hydrogen-bond donors (Lipinski definition) is 1. The van der Waals surface area contributed by atoms with Crippen LogP contribution in [0, 0.1) is 0 Å². The molecule has 1 aliphatic heterocycles. The second-order valence-corrected chi connectivity index (χ2v) is 7.13. The third-order valence-corrected chi connectivity index (χ3v) is 5.58. The smallest absolute Gasteiger partial charge is 0.233 e. The van der Waals surface area contributed by atoms with Crippen LogP contribution in [0.2, 0.25) is 0 Å². The number of fused-ring (bicyclic) bond motifs is 1. The van der Waals surface area contributed by atoms with E-state index in [2.05, 4.69) is 23.3 Å². The van der Waals surface area contributed by atoms with Gasteiger partial charge in [-0.3, -0.25) is 4.79 Å². The van der Waals surface area contributed by atoms with Gasteiger partial charge >= 0.3 is 0 Å². The summed E-state index contributed by atoms with van der Waals surface area (Å²) < 4.78 is 2.15. The van der Waals surface area contributed by atoms with Crippen LogP contribution in [0.15, 0.2) is 28.6 Å². The van der Waals surface area contributed by atoms with Crippen LogP contribution in [0.4, 0.5) is 0 Å². The van der Waals surface area contributed by atoms with Crippen LogP contribution in [-0.2, 0) is 4.79 Å². The number of thiazole rings is 1. The highest BCUT2D eigenvalue weighted by Crippen LogP contribution is 2.29. The van der Waals surface area contributed by atoms with Crippen LogP contribution >= 0.6 is 35.5 Å². The minimum absolute atomic E-state index is 0. The van der Waals surface area contributed by atoms with Crippen molar-refractivity contribution in [2.75, 3.05) is 25.4 Å². The molecule has 4 nitrogen and oxygen atoms in total. The lowest BCUT2D eigenvalue weighted by Gasteiger charge is -2.33. The van der Waals surface area contributed by atoms with E-state index in [0.29, 0.717) is 5.75 Å². The molecule has 1 unspecified atom stereocenters. The summed E-state index contributed by atoms with van der Waals surface area (Å²) in [7, 11) is 0. The maximum Gasteiger partial charge on any atom is 0.233 e. The van der Waals surface area contributed by atoms with Gasteiger partial charge in [-0.1, -0.05) is 23.9 Å². The zero-order valence-corrected chi connectivity index (χ0v) is 14.2. The lowest BCUT2D eigenvalue weighted by Crippen LogP contribution is -2.52. The Morgan fingerprint density at radius 2 is 2.33 bits per heavy atom. The van der Waals surface area contributed by atoms with Gasteiger partial charge in [0.05, 0.1) is 16.0 Å². The standard InChI is InChI=1S/C14H17N3OS2.ClH/c1-10-8-15-6-7-17(10)13(18)9-19-14-16-11-4-2-3-5-12(11)20-14;/h2-5,10,15H,6-9H2,1H3;1H. The Bertz CT molecular complexity index is 586. The third kappa shape index (κ3) is 3.88. The molecule has 1 aliphatic rings. The molecule has 0 radical (unpaired) electrons. The van der Waals surface area contributed by atoms with Crippen LogP contribution in [0.3, 0.4) is 0 Å². The number of halogens is 1. The maximum absolute atomic E-state index is 12.3. The predicted molar refractivity (Wildman–Crippen MR) is 91.6 cm³/mol. The van der Waals surface area contributed by atoms with Crippen molar-refractivity contribution in [1.29, 1.82) is 0 Å². The summed E-state index contributed by atoms with van der Waals surface area (Å²) in [5.74, 6) is 0.688. The number of piperazine rings is 1. The molecule has 114 valence electrons. The number of nitrogens with one attached hydrogen (secondary N) is 1. The van der Waals surface area contributed by atoms with Gasteiger partial charge in [-0.2, -0.15) is 0 Å². The number of carbonyl (C=O) groups is 1. The number of nitrogens with zero attached hydrogens (tertiary/aromatic N) is 2. The molecule has 1 amide bonds. The Morgan fingerprint density at radius 1 is 1.52 bits per heavy atom. The van der Waals surface area contributed by atoms with Gasteiger partial charge in [0.2, 0.25) is 5.91 Å². The van der Waals surface area contributed by atoms with Crippen molar-refractivity contribution in [3.63, 3.8) is 0 Å². The van der Waals surface area contributed by atoms with E-state index >= 15 is 0 Å². The molecule has 3 rings (SSSR count). The van der Waals surface area contributed by atoms with E-state index in [1.807, 2.05) is 23.1 Å². The van der Waals surface area contributed by atoms with Crippen molar-refractivity contribution in [2.45, 2.75) is 17.3 Å². The summed E-state index contributed by atoms with van der Waals surface area (Å²) in [5.41, 5.74) is 1.02. The first-order valence-electron chi connectivity index (χ1n) is 6.72. The Balaban J connectivity index is 0.00000161. The molecule has 21 heavy (non-hydrogen) atoms. The number of para-hydroxylation sites is 1. The number of benzene rings is 1. The molecule has 0 saturated carbocycles. The van der Waals surface area contributed by atoms with E-state index in [4.69, 9.17) is 0 Å². The monoisotopic (exact) mass is 343 g/mol. The fraction of sp³-hybridized carbons (Fsp3) is 0.429. The number of amides is 1. The SMILES string of the molecule is CC1CNCCN1C(=O)CSc1nc2ccccc2s1.Cl. The molecule has 0 aliphatic carbocycles. The molecular formula is C14H18ClN3OS2. The van der Waals surface area contributed by atoms with Crippen LogP contribution in [0.5, 0.6) is 0 Å². The van der Waals surface area contributed by atoms with Crippen LogP contribution < -0.4 is 5.32 Å². The first-order valence-corrected chi connectivity index (χ1v) is 8.53. The van der Waals surface area contributed by atoms with Gasteiger partial charge in [0.1, 0.15) is 0 Å². The van der Waals surface area contributed by atoms with E-state index in [1.54, 1.807) is 23.1 Å². The van der Waals surface area contributed by atoms with Crippen LogP contribution in [0.25, 0.3) is 10.2 Å². The van der Waals surface area contributed by atoms with Gasteiger partial charge in [-0.05, 0) is 19.1 Å². The van der Waals surface area contributed by atoms with Gasteiger partial charge in [0.15, 0.2) is 4.34 Å². The van der Waals surface area contributed by atoms with Gasteiger partial charge in [0.25, 0.3) is 0 Å². The Labute approximate surface area is 138 Å². The zero-order chi connectivity index (χ0) is 13.9. The topological polar surface area (TPSA) is 45.2 Å². The first kappa shape index (κ1) is 16.5. The van der Waals surface area contributed by atoms with Gasteiger partial charge in [-0.15, -0.1) is 23.7 Å². The summed E-state index contributed by atoms with van der Waals surface area (Å²) in [6.07, 6.45) is 0. The largest absolute Gasteiger partial charge is 0.337 e. The minimum Gasteiger partial charge on any atom is -0.337 e. The van der Waals surface area contributed by atoms with Crippen LogP contribution in [-0.4, -0.2) is 47.2 Å². The third-order valence-electron chi connectivity index (χ3n) is 3.42. The highest BCUT2D eigenvalue weighted by Gasteiger charge is 2.23. The summed E-state index contributed by atoms with van der Waals surface area (Å²) in [6.45, 7) is 4.67. The molecule has 7 heteroatoms. The number of thioether (sulfide) groups is 1. The molecule has 2 aromatic rings. The maximum atomic E-state index is 12.3. The van der Waals surface area contributed by atoms with E-state index in [1.165, 1.54) is 4.70 Å². The van der Waals surface area contributed by atoms with E-state index in [0.717, 1.165) is 29.5 Å². The molecule has 2 heterocycles. The fourth-order valence-corrected chi connectivity index (χ4v) is 4.29. The van der Waals surface area contributed by atoms with Crippen molar-refractivity contribution in [2.24, 2.45) is 0 Å². The van der Waals surface area contributed by atoms with Crippen molar-refractivity contribution >= 4 is 51.6 Å². The molecule has 0 spiro atoms. The number of aromatic nitrogens is 1. The van der Waals surface area contributed by atoms with Gasteiger partial charge in [-0.25, -0.2) is 4.98 Å². The molecule has 1 fully saturated rings. The highest BCUT2D eigenvalue weighted by molar-refractivity contribution is 8.01. The van der Waals surface area contributed by atoms with Crippen molar-refractivity contribution < 1.29 is 4.79 Å². The first-order chi connectivity index (χ1) is 9.74. The second-order valence-electron chi connectivity index (χ2n) is 4.88. The highest BCUT2D eigenvalue weighted by atomic mass is 35.5. The molecule has 1 aromatic carbocycles. The summed E-state index contributed by atoms with van der Waals surface area (Å²) in [4.78, 5) is 18.8. The number of carbonyl (C=O) groups excluding carboxylic acids is 1. The normalized spacial score (nSPS) is 18.5. The molecular weight excluding hydrogens is 326 g/mol. The lowest BCUT2D eigenvalue weighted by atomic mass is 10.2. The zero-order valence-electron chi connectivity index (χ0n) is 11.7. The van der Waals surface area contributed by atoms with Crippen LogP contribution in [0.1, 0.15) is 6.92 Å². The van der Waals surface area contributed by atoms with E-state index in [9.17, 15) is 4.79 Å². The molecule has 1 saturated heterocycles. The number of hydrogen-bond acceptors (Lipinski definition) is 5. The second kappa shape index (κ2) is 7.45. The number of rotatable bonds is 3. The molecule has 1 N–H and O–H groups in total. The van der Waals surface area contributed by atoms with Gasteiger partial charge in [0, 0.05) is 25.7 Å². The summed E-state index contributed by atoms with van der Waals surface area (Å²) >= 11 is 3.20. The summed E-state index contributed by atoms with van der Waals surface area (Å²) in [6, 6.07) is 8.37. The Hall–Kier alpha value is -0.820. The minimum atomic E-state index is 0. The van der Waals surface area contributed by atoms with Gasteiger partial charge < -0.3 is 10.2 Å². The molecule has 1 aromatic heterocycles.